The van der Waals surface area contributed by atoms with Crippen LogP contribution in [0.2, 0.25) is 5.02 Å². The van der Waals surface area contributed by atoms with Crippen LogP contribution >= 0.6 is 23.4 Å². The van der Waals surface area contributed by atoms with Gasteiger partial charge < -0.3 is 9.47 Å². The number of benzene rings is 2. The third kappa shape index (κ3) is 4.47. The molecule has 0 aliphatic rings. The molecular weight excluding hydrogens is 428 g/mol. The molecule has 10 heteroatoms. The Morgan fingerprint density at radius 1 is 1.10 bits per heavy atom. The number of aromatic amines is 1. The van der Waals surface area contributed by atoms with Crippen LogP contribution in [-0.4, -0.2) is 38.4 Å². The number of rotatable bonds is 6. The smallest absolute Gasteiger partial charge is 0.321 e. The molecule has 0 spiro atoms. The second-order valence-electron chi connectivity index (χ2n) is 6.09. The number of carbonyl (C=O) groups excluding carboxylic acids is 1. The summed E-state index contributed by atoms with van der Waals surface area (Å²) in [5, 5.41) is 3.62. The quantitative estimate of drug-likeness (QED) is 0.277. The normalized spacial score (nSPS) is 10.9. The topological polar surface area (TPSA) is 98.6 Å². The molecule has 30 heavy (non-hydrogen) atoms. The van der Waals surface area contributed by atoms with Gasteiger partial charge in [0.05, 0.1) is 12.9 Å². The lowest BCUT2D eigenvalue weighted by molar-refractivity contribution is -0.131. The maximum Gasteiger partial charge on any atom is 0.321 e. The zero-order valence-electron chi connectivity index (χ0n) is 15.7. The average Bonchev–Trinajstić information content (AvgIpc) is 3.13. The van der Waals surface area contributed by atoms with Crippen LogP contribution in [0.1, 0.15) is 0 Å². The molecule has 0 saturated heterocycles. The molecule has 0 atom stereocenters. The van der Waals surface area contributed by atoms with Gasteiger partial charge in [-0.15, -0.1) is 0 Å². The molecule has 0 fully saturated rings. The van der Waals surface area contributed by atoms with Crippen LogP contribution in [0, 0.1) is 0 Å². The molecule has 1 N–H and O–H groups in total. The van der Waals surface area contributed by atoms with E-state index in [2.05, 4.69) is 15.1 Å². The van der Waals surface area contributed by atoms with Gasteiger partial charge in [-0.05, 0) is 48.5 Å². The highest BCUT2D eigenvalue weighted by Gasteiger charge is 2.14. The number of methoxy groups -OCH3 is 1. The molecule has 0 aliphatic heterocycles. The first-order chi connectivity index (χ1) is 14.5. The first kappa shape index (κ1) is 20.0. The van der Waals surface area contributed by atoms with Gasteiger partial charge in [-0.3, -0.25) is 14.7 Å². The first-order valence-electron chi connectivity index (χ1n) is 8.75. The van der Waals surface area contributed by atoms with Gasteiger partial charge in [-0.2, -0.15) is 0 Å². The number of hydrogen-bond donors (Lipinski definition) is 1. The minimum Gasteiger partial charge on any atom is -0.497 e. The second kappa shape index (κ2) is 8.60. The number of nitrogens with one attached hydrogen (secondary N) is 1. The Labute approximate surface area is 179 Å². The van der Waals surface area contributed by atoms with E-state index in [0.717, 1.165) is 17.3 Å². The van der Waals surface area contributed by atoms with E-state index in [1.165, 1.54) is 10.6 Å². The summed E-state index contributed by atoms with van der Waals surface area (Å²) in [4.78, 5) is 32.9. The molecule has 0 amide bonds. The number of halogens is 1. The van der Waals surface area contributed by atoms with Crippen LogP contribution in [0.5, 0.6) is 11.5 Å². The number of aromatic nitrogens is 4. The number of hydrogen-bond acceptors (Lipinski definition) is 7. The highest BCUT2D eigenvalue weighted by Crippen LogP contribution is 2.23. The van der Waals surface area contributed by atoms with Crippen LogP contribution in [0.4, 0.5) is 0 Å². The van der Waals surface area contributed by atoms with Crippen molar-refractivity contribution in [3.8, 4) is 22.9 Å². The van der Waals surface area contributed by atoms with Crippen molar-refractivity contribution in [3.63, 3.8) is 0 Å². The van der Waals surface area contributed by atoms with E-state index in [-0.39, 0.29) is 11.3 Å². The molecule has 0 saturated carbocycles. The summed E-state index contributed by atoms with van der Waals surface area (Å²) in [5.41, 5.74) is 0.810. The molecule has 0 bridgehead atoms. The van der Waals surface area contributed by atoms with Crippen molar-refractivity contribution in [2.75, 3.05) is 12.9 Å². The number of ether oxygens (including phenoxy) is 2. The zero-order chi connectivity index (χ0) is 21.1. The average molecular weight is 443 g/mol. The summed E-state index contributed by atoms with van der Waals surface area (Å²) in [6.45, 7) is 0. The van der Waals surface area contributed by atoms with E-state index < -0.39 is 5.97 Å². The fourth-order valence-electron chi connectivity index (χ4n) is 2.64. The van der Waals surface area contributed by atoms with E-state index in [9.17, 15) is 9.59 Å². The van der Waals surface area contributed by atoms with Crippen LogP contribution in [0.25, 0.3) is 17.0 Å². The maximum absolute atomic E-state index is 12.3. The number of carbonyl (C=O) groups is 1. The molecule has 0 radical (unpaired) electrons. The third-order valence-corrected chi connectivity index (χ3v) is 5.20. The van der Waals surface area contributed by atoms with Crippen molar-refractivity contribution < 1.29 is 14.3 Å². The molecule has 4 aromatic rings. The van der Waals surface area contributed by atoms with Crippen molar-refractivity contribution in [1.29, 1.82) is 0 Å². The van der Waals surface area contributed by atoms with Gasteiger partial charge in [0, 0.05) is 16.7 Å². The number of H-pyrrole nitrogens is 1. The van der Waals surface area contributed by atoms with Crippen LogP contribution in [-0.2, 0) is 4.79 Å². The van der Waals surface area contributed by atoms with Crippen molar-refractivity contribution in [2.24, 2.45) is 0 Å². The largest absolute Gasteiger partial charge is 0.497 e. The fraction of sp³-hybridized carbons (Fsp3) is 0.100. The van der Waals surface area contributed by atoms with Crippen molar-refractivity contribution in [2.45, 2.75) is 5.16 Å². The maximum atomic E-state index is 12.3. The lowest BCUT2D eigenvalue weighted by Crippen LogP contribution is -2.12. The monoisotopic (exact) mass is 442 g/mol. The molecule has 8 nitrogen and oxygen atoms in total. The Bertz CT molecular complexity index is 1250. The third-order valence-electron chi connectivity index (χ3n) is 4.04. The molecular formula is C20H15ClN4O4S. The van der Waals surface area contributed by atoms with E-state index in [1.54, 1.807) is 55.6 Å². The van der Waals surface area contributed by atoms with Gasteiger partial charge in [-0.25, -0.2) is 14.5 Å². The summed E-state index contributed by atoms with van der Waals surface area (Å²) in [7, 11) is 1.56. The van der Waals surface area contributed by atoms with Gasteiger partial charge in [0.15, 0.2) is 16.6 Å². The predicted octanol–water partition coefficient (Wildman–Crippen LogP) is 3.44. The van der Waals surface area contributed by atoms with Gasteiger partial charge in [0.2, 0.25) is 0 Å². The molecule has 2 aromatic carbocycles. The Morgan fingerprint density at radius 2 is 1.80 bits per heavy atom. The highest BCUT2D eigenvalue weighted by atomic mass is 35.5. The van der Waals surface area contributed by atoms with Crippen molar-refractivity contribution >= 4 is 35.0 Å². The second-order valence-corrected chi connectivity index (χ2v) is 7.47. The fourth-order valence-corrected chi connectivity index (χ4v) is 3.49. The van der Waals surface area contributed by atoms with Gasteiger partial charge in [-0.1, -0.05) is 23.4 Å². The molecule has 152 valence electrons. The SMILES string of the molecule is COc1ccc(OC(=O)CSc2nc(-c3ccc(Cl)cc3)nc3cc(=O)[nH]n23)cc1. The molecule has 2 heterocycles. The summed E-state index contributed by atoms with van der Waals surface area (Å²) in [5.74, 6) is 1.01. The molecule has 2 aromatic heterocycles. The Morgan fingerprint density at radius 3 is 2.50 bits per heavy atom. The van der Waals surface area contributed by atoms with Gasteiger partial charge in [0.25, 0.3) is 5.56 Å². The van der Waals surface area contributed by atoms with Gasteiger partial charge >= 0.3 is 5.97 Å². The van der Waals surface area contributed by atoms with E-state index in [1.807, 2.05) is 0 Å². The summed E-state index contributed by atoms with van der Waals surface area (Å²) in [6, 6.07) is 15.1. The lowest BCUT2D eigenvalue weighted by Gasteiger charge is -2.08. The van der Waals surface area contributed by atoms with E-state index >= 15 is 0 Å². The van der Waals surface area contributed by atoms with Crippen LogP contribution in [0.15, 0.2) is 64.5 Å². The standard InChI is InChI=1S/C20H15ClN4O4S/c1-28-14-6-8-15(9-7-14)29-18(27)11-30-20-23-19(12-2-4-13(21)5-3-12)22-16-10-17(26)24-25(16)20/h2-10H,11H2,1H3,(H,24,26). The molecule has 0 aliphatic carbocycles. The number of fused-ring (bicyclic) bond motifs is 1. The Kier molecular flexibility index (Phi) is 5.73. The van der Waals surface area contributed by atoms with E-state index in [4.69, 9.17) is 21.1 Å². The Hall–Kier alpha value is -3.30. The van der Waals surface area contributed by atoms with Crippen LogP contribution < -0.4 is 15.0 Å². The minimum atomic E-state index is -0.459. The van der Waals surface area contributed by atoms with Crippen molar-refractivity contribution in [1.82, 2.24) is 19.6 Å². The van der Waals surface area contributed by atoms with Gasteiger partial charge in [0.1, 0.15) is 11.5 Å². The van der Waals surface area contributed by atoms with E-state index in [0.29, 0.717) is 33.1 Å². The summed E-state index contributed by atoms with van der Waals surface area (Å²) < 4.78 is 11.8. The summed E-state index contributed by atoms with van der Waals surface area (Å²) in [6.07, 6.45) is 0. The highest BCUT2D eigenvalue weighted by molar-refractivity contribution is 7.99. The molecule has 0 unspecified atom stereocenters. The predicted molar refractivity (Wildman–Crippen MR) is 113 cm³/mol. The number of nitrogens with zero attached hydrogens (tertiary/aromatic N) is 3. The number of thioether (sulfide) groups is 1. The first-order valence-corrected chi connectivity index (χ1v) is 10.1. The molecule has 4 rings (SSSR count). The zero-order valence-corrected chi connectivity index (χ0v) is 17.2. The number of esters is 1. The van der Waals surface area contributed by atoms with Crippen molar-refractivity contribution in [3.05, 3.63) is 70.0 Å². The minimum absolute atomic E-state index is 0.0155. The lowest BCUT2D eigenvalue weighted by atomic mass is 10.2. The Balaban J connectivity index is 1.55. The van der Waals surface area contributed by atoms with Crippen LogP contribution in [0.3, 0.4) is 0 Å². The summed E-state index contributed by atoms with van der Waals surface area (Å²) >= 11 is 7.07.